The monoisotopic (exact) mass is 491 g/mol. The molecule has 4 aromatic carbocycles. The molecule has 4 aromatic rings. The molecule has 2 N–H and O–H groups in total. The van der Waals surface area contributed by atoms with E-state index in [0.717, 1.165) is 51.7 Å². The van der Waals surface area contributed by atoms with Crippen LogP contribution in [-0.2, 0) is 6.42 Å². The van der Waals surface area contributed by atoms with E-state index < -0.39 is 0 Å². The molecule has 0 amide bonds. The summed E-state index contributed by atoms with van der Waals surface area (Å²) in [5.74, 6) is 0.869. The third kappa shape index (κ3) is 6.14. The van der Waals surface area contributed by atoms with E-state index in [0.29, 0.717) is 19.1 Å². The van der Waals surface area contributed by atoms with Crippen LogP contribution in [0.25, 0.3) is 21.9 Å². The Morgan fingerprint density at radius 1 is 0.943 bits per heavy atom. The number of nitrogens with one attached hydrogen (secondary N) is 1. The molecular formula is C30H31ClFNO2. The van der Waals surface area contributed by atoms with Gasteiger partial charge in [-0.1, -0.05) is 48.9 Å². The first kappa shape index (κ1) is 25.0. The Morgan fingerprint density at radius 3 is 2.57 bits per heavy atom. The molecule has 5 heteroatoms. The first-order chi connectivity index (χ1) is 16.7. The quantitative estimate of drug-likeness (QED) is 0.285. The second-order valence-corrected chi connectivity index (χ2v) is 9.11. The topological polar surface area (TPSA) is 41.5 Å². The van der Waals surface area contributed by atoms with Gasteiger partial charge in [-0.3, -0.25) is 0 Å². The molecule has 1 aliphatic rings. The average molecular weight is 492 g/mol. The van der Waals surface area contributed by atoms with Gasteiger partial charge in [0, 0.05) is 6.04 Å². The summed E-state index contributed by atoms with van der Waals surface area (Å²) < 4.78 is 20.0. The molecule has 0 aliphatic carbocycles. The van der Waals surface area contributed by atoms with Gasteiger partial charge in [0.2, 0.25) is 0 Å². The minimum atomic E-state index is -0.251. The Morgan fingerprint density at radius 2 is 1.80 bits per heavy atom. The van der Waals surface area contributed by atoms with Crippen LogP contribution in [0.2, 0.25) is 0 Å². The van der Waals surface area contributed by atoms with E-state index in [1.54, 1.807) is 24.3 Å². The van der Waals surface area contributed by atoms with E-state index in [1.807, 2.05) is 36.4 Å². The summed E-state index contributed by atoms with van der Waals surface area (Å²) in [6.07, 6.45) is 5.54. The predicted octanol–water partition coefficient (Wildman–Crippen LogP) is 7.28. The Hall–Kier alpha value is -3.08. The van der Waals surface area contributed by atoms with Crippen LogP contribution in [0.3, 0.4) is 0 Å². The van der Waals surface area contributed by atoms with Gasteiger partial charge in [0.05, 0.1) is 6.61 Å². The van der Waals surface area contributed by atoms with E-state index >= 15 is 0 Å². The van der Waals surface area contributed by atoms with Crippen LogP contribution < -0.4 is 10.1 Å². The van der Waals surface area contributed by atoms with Crippen molar-refractivity contribution in [3.8, 4) is 22.6 Å². The third-order valence-electron chi connectivity index (χ3n) is 6.70. The number of fused-ring (bicyclic) bond motifs is 1. The van der Waals surface area contributed by atoms with Crippen LogP contribution in [0.5, 0.6) is 11.5 Å². The number of ether oxygens (including phenoxy) is 1. The number of phenols is 1. The second kappa shape index (κ2) is 11.6. The Kier molecular flexibility index (Phi) is 8.27. The van der Waals surface area contributed by atoms with Crippen molar-refractivity contribution < 1.29 is 14.2 Å². The van der Waals surface area contributed by atoms with Crippen LogP contribution in [0.4, 0.5) is 4.39 Å². The maximum Gasteiger partial charge on any atom is 0.123 e. The molecule has 1 aliphatic heterocycles. The van der Waals surface area contributed by atoms with Crippen molar-refractivity contribution in [3.63, 3.8) is 0 Å². The smallest absolute Gasteiger partial charge is 0.123 e. The Balaban J connectivity index is 0.00000289. The third-order valence-corrected chi connectivity index (χ3v) is 6.70. The number of hydrogen-bond donors (Lipinski definition) is 2. The first-order valence-corrected chi connectivity index (χ1v) is 12.1. The van der Waals surface area contributed by atoms with Crippen molar-refractivity contribution in [1.29, 1.82) is 0 Å². The lowest BCUT2D eigenvalue weighted by molar-refractivity contribution is 0.268. The van der Waals surface area contributed by atoms with Crippen molar-refractivity contribution in [2.24, 2.45) is 0 Å². The van der Waals surface area contributed by atoms with Gasteiger partial charge in [-0.15, -0.1) is 12.4 Å². The molecular weight excluding hydrogens is 461 g/mol. The fourth-order valence-electron chi connectivity index (χ4n) is 4.90. The minimum Gasteiger partial charge on any atom is -0.508 e. The zero-order chi connectivity index (χ0) is 23.3. The van der Waals surface area contributed by atoms with Gasteiger partial charge in [-0.05, 0) is 102 Å². The van der Waals surface area contributed by atoms with E-state index in [1.165, 1.54) is 25.3 Å². The van der Waals surface area contributed by atoms with Crippen LogP contribution in [-0.4, -0.2) is 24.3 Å². The maximum absolute atomic E-state index is 14.0. The lowest BCUT2D eigenvalue weighted by Gasteiger charge is -2.23. The highest BCUT2D eigenvalue weighted by Crippen LogP contribution is 2.34. The zero-order valence-electron chi connectivity index (χ0n) is 19.7. The molecule has 0 radical (unpaired) electrons. The normalized spacial score (nSPS) is 15.5. The molecule has 3 nitrogen and oxygen atoms in total. The summed E-state index contributed by atoms with van der Waals surface area (Å²) in [7, 11) is 0. The van der Waals surface area contributed by atoms with Gasteiger partial charge in [0.15, 0.2) is 0 Å². The molecule has 0 spiro atoms. The first-order valence-electron chi connectivity index (χ1n) is 12.1. The molecule has 1 atom stereocenters. The van der Waals surface area contributed by atoms with Crippen molar-refractivity contribution >= 4 is 23.2 Å². The van der Waals surface area contributed by atoms with E-state index in [9.17, 15) is 9.50 Å². The number of benzene rings is 4. The summed E-state index contributed by atoms with van der Waals surface area (Å²) in [4.78, 5) is 0. The van der Waals surface area contributed by atoms with Crippen molar-refractivity contribution in [2.45, 2.75) is 38.1 Å². The summed E-state index contributed by atoms with van der Waals surface area (Å²) in [6, 6.07) is 25.0. The molecule has 0 saturated carbocycles. The second-order valence-electron chi connectivity index (χ2n) is 9.11. The summed E-state index contributed by atoms with van der Waals surface area (Å²) >= 11 is 0. The molecule has 1 fully saturated rings. The molecule has 182 valence electrons. The van der Waals surface area contributed by atoms with Gasteiger partial charge in [0.1, 0.15) is 17.3 Å². The van der Waals surface area contributed by atoms with Gasteiger partial charge < -0.3 is 15.2 Å². The molecule has 1 unspecified atom stereocenters. The van der Waals surface area contributed by atoms with Crippen molar-refractivity contribution in [1.82, 2.24) is 5.32 Å². The number of piperidine rings is 1. The Bertz CT molecular complexity index is 1270. The van der Waals surface area contributed by atoms with Crippen LogP contribution >= 0.6 is 12.4 Å². The number of aromatic hydroxyl groups is 1. The van der Waals surface area contributed by atoms with Crippen LogP contribution in [0.15, 0.2) is 78.9 Å². The van der Waals surface area contributed by atoms with Gasteiger partial charge in [-0.25, -0.2) is 4.39 Å². The average Bonchev–Trinajstić information content (AvgIpc) is 2.86. The van der Waals surface area contributed by atoms with E-state index in [-0.39, 0.29) is 24.0 Å². The highest BCUT2D eigenvalue weighted by atomic mass is 35.5. The Labute approximate surface area is 212 Å². The number of hydrogen-bond acceptors (Lipinski definition) is 3. The fourth-order valence-corrected chi connectivity index (χ4v) is 4.90. The number of phenolic OH excluding ortho intramolecular Hbond substituents is 1. The molecule has 0 bridgehead atoms. The standard InChI is InChI=1S/C30H30FNO2.ClH/c31-24-5-3-4-22(19-24)28-13-9-23-20-26(33)10-14-29(23)30(28)18-21-7-11-27(12-8-21)34-17-15-25-6-1-2-16-32-25;/h3-5,7-14,19-20,25,32-33H,1-2,6,15-18H2;1H. The highest BCUT2D eigenvalue weighted by Gasteiger charge is 2.13. The summed E-state index contributed by atoms with van der Waals surface area (Å²) in [5.41, 5.74) is 4.11. The number of halogens is 2. The summed E-state index contributed by atoms with van der Waals surface area (Å²) in [5, 5.41) is 15.5. The minimum absolute atomic E-state index is 0. The van der Waals surface area contributed by atoms with Crippen LogP contribution in [0.1, 0.15) is 36.8 Å². The van der Waals surface area contributed by atoms with Crippen molar-refractivity contribution in [2.75, 3.05) is 13.2 Å². The summed E-state index contributed by atoms with van der Waals surface area (Å²) in [6.45, 7) is 1.83. The molecule has 35 heavy (non-hydrogen) atoms. The predicted molar refractivity (Wildman–Crippen MR) is 143 cm³/mol. The largest absolute Gasteiger partial charge is 0.508 e. The lowest BCUT2D eigenvalue weighted by Crippen LogP contribution is -2.35. The van der Waals surface area contributed by atoms with Gasteiger partial charge in [0.25, 0.3) is 0 Å². The van der Waals surface area contributed by atoms with Gasteiger partial charge in [-0.2, -0.15) is 0 Å². The van der Waals surface area contributed by atoms with Crippen LogP contribution in [0, 0.1) is 5.82 Å². The van der Waals surface area contributed by atoms with Gasteiger partial charge >= 0.3 is 0 Å². The molecule has 0 aromatic heterocycles. The van der Waals surface area contributed by atoms with Crippen molar-refractivity contribution in [3.05, 3.63) is 95.8 Å². The number of rotatable bonds is 7. The molecule has 1 saturated heterocycles. The maximum atomic E-state index is 14.0. The lowest BCUT2D eigenvalue weighted by atomic mass is 9.90. The molecule has 1 heterocycles. The molecule has 5 rings (SSSR count). The van der Waals surface area contributed by atoms with E-state index in [2.05, 4.69) is 17.4 Å². The zero-order valence-corrected chi connectivity index (χ0v) is 20.5. The highest BCUT2D eigenvalue weighted by molar-refractivity contribution is 5.93. The SMILES string of the molecule is Cl.Oc1ccc2c(Cc3ccc(OCCC4CCCCN4)cc3)c(-c3cccc(F)c3)ccc2c1. The van der Waals surface area contributed by atoms with E-state index in [4.69, 9.17) is 4.74 Å². The fraction of sp³-hybridized carbons (Fsp3) is 0.267.